The van der Waals surface area contributed by atoms with Gasteiger partial charge in [-0.15, -0.1) is 0 Å². The summed E-state index contributed by atoms with van der Waals surface area (Å²) in [5, 5.41) is 9.41. The Hall–Kier alpha value is -0.740. The first-order valence-corrected chi connectivity index (χ1v) is 8.02. The van der Waals surface area contributed by atoms with Gasteiger partial charge in [-0.1, -0.05) is 13.3 Å². The number of hydrogen-bond donors (Lipinski definition) is 1. The zero-order chi connectivity index (χ0) is 13.9. The van der Waals surface area contributed by atoms with E-state index in [0.29, 0.717) is 0 Å². The van der Waals surface area contributed by atoms with Crippen molar-refractivity contribution < 1.29 is 5.11 Å². The molecule has 0 bridgehead atoms. The molecule has 1 N–H and O–H groups in total. The maximum absolute atomic E-state index is 9.41. The van der Waals surface area contributed by atoms with E-state index in [-0.39, 0.29) is 11.4 Å². The van der Waals surface area contributed by atoms with Crippen LogP contribution < -0.4 is 4.90 Å². The molecular formula is C15H24N2OS. The lowest BCUT2D eigenvalue weighted by molar-refractivity contribution is 0.281. The van der Waals surface area contributed by atoms with Gasteiger partial charge in [0, 0.05) is 29.3 Å². The molecule has 4 heteroatoms. The van der Waals surface area contributed by atoms with Gasteiger partial charge in [0.1, 0.15) is 5.82 Å². The lowest BCUT2D eigenvalue weighted by Gasteiger charge is -2.38. The molecule has 0 aliphatic carbocycles. The van der Waals surface area contributed by atoms with Crippen LogP contribution in [-0.4, -0.2) is 33.7 Å². The molecule has 0 radical (unpaired) electrons. The molecule has 1 saturated heterocycles. The summed E-state index contributed by atoms with van der Waals surface area (Å²) < 4.78 is 0.278. The van der Waals surface area contributed by atoms with Crippen LogP contribution in [-0.2, 0) is 13.0 Å². The third kappa shape index (κ3) is 3.86. The molecule has 0 saturated carbocycles. The zero-order valence-electron chi connectivity index (χ0n) is 12.1. The first-order chi connectivity index (χ1) is 9.04. The highest BCUT2D eigenvalue weighted by atomic mass is 32.2. The Morgan fingerprint density at radius 2 is 2.21 bits per heavy atom. The van der Waals surface area contributed by atoms with E-state index in [1.165, 1.54) is 0 Å². The number of aromatic nitrogens is 1. The van der Waals surface area contributed by atoms with Crippen LogP contribution in [0.15, 0.2) is 12.1 Å². The molecule has 1 aromatic rings. The van der Waals surface area contributed by atoms with Crippen molar-refractivity contribution in [1.82, 2.24) is 4.98 Å². The fraction of sp³-hybridized carbons (Fsp3) is 0.667. The van der Waals surface area contributed by atoms with Gasteiger partial charge in [0.25, 0.3) is 0 Å². The van der Waals surface area contributed by atoms with Crippen LogP contribution in [0, 0.1) is 0 Å². The van der Waals surface area contributed by atoms with Crippen molar-refractivity contribution in [3.05, 3.63) is 23.4 Å². The van der Waals surface area contributed by atoms with E-state index in [4.69, 9.17) is 4.98 Å². The highest BCUT2D eigenvalue weighted by molar-refractivity contribution is 8.00. The number of aryl methyl sites for hydroxylation is 1. The Morgan fingerprint density at radius 1 is 1.42 bits per heavy atom. The molecule has 19 heavy (non-hydrogen) atoms. The van der Waals surface area contributed by atoms with Gasteiger partial charge in [-0.05, 0) is 38.0 Å². The van der Waals surface area contributed by atoms with E-state index in [0.717, 1.165) is 48.8 Å². The van der Waals surface area contributed by atoms with E-state index in [1.807, 2.05) is 23.9 Å². The standard InChI is InChI=1S/C15H24N2OS/c1-4-5-13-8-12(10-18)9-14(16-13)17-6-7-19-15(2,3)11-17/h8-9,18H,4-7,10-11H2,1-3H3. The van der Waals surface area contributed by atoms with Gasteiger partial charge in [-0.3, -0.25) is 0 Å². The Bertz CT molecular complexity index is 434. The molecule has 1 fully saturated rings. The van der Waals surface area contributed by atoms with Crippen LogP contribution in [0.2, 0.25) is 0 Å². The second-order valence-corrected chi connectivity index (χ2v) is 7.56. The minimum atomic E-state index is 0.0955. The molecule has 3 nitrogen and oxygen atoms in total. The largest absolute Gasteiger partial charge is 0.392 e. The number of anilines is 1. The minimum absolute atomic E-state index is 0.0955. The van der Waals surface area contributed by atoms with Crippen LogP contribution in [0.1, 0.15) is 38.4 Å². The Kier molecular flexibility index (Phi) is 4.74. The second-order valence-electron chi connectivity index (χ2n) is 5.76. The normalized spacial score (nSPS) is 18.6. The lowest BCUT2D eigenvalue weighted by Crippen LogP contribution is -2.43. The van der Waals surface area contributed by atoms with Crippen molar-refractivity contribution in [1.29, 1.82) is 0 Å². The van der Waals surface area contributed by atoms with Crippen molar-refractivity contribution in [3.8, 4) is 0 Å². The molecule has 0 amide bonds. The van der Waals surface area contributed by atoms with Gasteiger partial charge in [0.05, 0.1) is 6.61 Å². The van der Waals surface area contributed by atoms with Crippen molar-refractivity contribution in [2.45, 2.75) is 45.0 Å². The first kappa shape index (κ1) is 14.7. The van der Waals surface area contributed by atoms with Crippen LogP contribution in [0.5, 0.6) is 0 Å². The lowest BCUT2D eigenvalue weighted by atomic mass is 10.1. The number of aliphatic hydroxyl groups excluding tert-OH is 1. The maximum Gasteiger partial charge on any atom is 0.129 e. The fourth-order valence-electron chi connectivity index (χ4n) is 2.48. The molecule has 106 valence electrons. The minimum Gasteiger partial charge on any atom is -0.392 e. The summed E-state index contributed by atoms with van der Waals surface area (Å²) in [6, 6.07) is 4.06. The highest BCUT2D eigenvalue weighted by Crippen LogP contribution is 2.32. The van der Waals surface area contributed by atoms with E-state index in [2.05, 4.69) is 25.7 Å². The Morgan fingerprint density at radius 3 is 2.84 bits per heavy atom. The predicted octanol–water partition coefficient (Wildman–Crippen LogP) is 2.86. The average molecular weight is 280 g/mol. The van der Waals surface area contributed by atoms with Crippen LogP contribution in [0.4, 0.5) is 5.82 Å². The number of aliphatic hydroxyl groups is 1. The summed E-state index contributed by atoms with van der Waals surface area (Å²) in [6.07, 6.45) is 2.06. The summed E-state index contributed by atoms with van der Waals surface area (Å²) in [5.74, 6) is 2.17. The molecule has 0 atom stereocenters. The summed E-state index contributed by atoms with van der Waals surface area (Å²) in [4.78, 5) is 7.12. The van der Waals surface area contributed by atoms with Crippen LogP contribution in [0.25, 0.3) is 0 Å². The maximum atomic E-state index is 9.41. The topological polar surface area (TPSA) is 36.4 Å². The number of thioether (sulfide) groups is 1. The summed E-state index contributed by atoms with van der Waals surface area (Å²) >= 11 is 2.02. The number of hydrogen-bond acceptors (Lipinski definition) is 4. The molecule has 1 aliphatic heterocycles. The van der Waals surface area contributed by atoms with Gasteiger partial charge in [-0.25, -0.2) is 4.98 Å². The predicted molar refractivity (Wildman–Crippen MR) is 82.9 cm³/mol. The van der Waals surface area contributed by atoms with Gasteiger partial charge in [0.15, 0.2) is 0 Å². The van der Waals surface area contributed by atoms with Gasteiger partial charge < -0.3 is 10.0 Å². The number of nitrogens with zero attached hydrogens (tertiary/aromatic N) is 2. The second kappa shape index (κ2) is 6.14. The van der Waals surface area contributed by atoms with Gasteiger partial charge >= 0.3 is 0 Å². The molecule has 1 aliphatic rings. The summed E-state index contributed by atoms with van der Waals surface area (Å²) in [6.45, 7) is 8.89. The molecule has 2 rings (SSSR count). The van der Waals surface area contributed by atoms with Crippen LogP contribution in [0.3, 0.4) is 0 Å². The van der Waals surface area contributed by atoms with E-state index >= 15 is 0 Å². The van der Waals surface area contributed by atoms with Gasteiger partial charge in [-0.2, -0.15) is 11.8 Å². The molecule has 1 aromatic heterocycles. The van der Waals surface area contributed by atoms with E-state index < -0.39 is 0 Å². The SMILES string of the molecule is CCCc1cc(CO)cc(N2CCSC(C)(C)C2)n1. The molecule has 0 spiro atoms. The summed E-state index contributed by atoms with van der Waals surface area (Å²) in [7, 11) is 0. The monoisotopic (exact) mass is 280 g/mol. The number of rotatable bonds is 4. The zero-order valence-corrected chi connectivity index (χ0v) is 13.0. The third-order valence-corrected chi connectivity index (χ3v) is 4.66. The molecule has 0 aromatic carbocycles. The van der Waals surface area contributed by atoms with Crippen molar-refractivity contribution in [2.24, 2.45) is 0 Å². The average Bonchev–Trinajstić information content (AvgIpc) is 2.37. The quantitative estimate of drug-likeness (QED) is 0.920. The number of pyridine rings is 1. The smallest absolute Gasteiger partial charge is 0.129 e. The van der Waals surface area contributed by atoms with Crippen molar-refractivity contribution >= 4 is 17.6 Å². The summed E-state index contributed by atoms with van der Waals surface area (Å²) in [5.41, 5.74) is 2.07. The van der Waals surface area contributed by atoms with Gasteiger partial charge in [0.2, 0.25) is 0 Å². The van der Waals surface area contributed by atoms with Crippen LogP contribution >= 0.6 is 11.8 Å². The Balaban J connectivity index is 2.25. The molecule has 2 heterocycles. The van der Waals surface area contributed by atoms with E-state index in [9.17, 15) is 5.11 Å². The van der Waals surface area contributed by atoms with Crippen molar-refractivity contribution in [2.75, 3.05) is 23.7 Å². The first-order valence-electron chi connectivity index (χ1n) is 7.03. The van der Waals surface area contributed by atoms with E-state index in [1.54, 1.807) is 0 Å². The molecular weight excluding hydrogens is 256 g/mol. The molecule has 0 unspecified atom stereocenters. The van der Waals surface area contributed by atoms with Crippen molar-refractivity contribution in [3.63, 3.8) is 0 Å². The fourth-order valence-corrected chi connectivity index (χ4v) is 3.59. The Labute approximate surface area is 120 Å². The third-order valence-electron chi connectivity index (χ3n) is 3.36. The highest BCUT2D eigenvalue weighted by Gasteiger charge is 2.27.